The molecule has 3 aromatic carbocycles. The Kier molecular flexibility index (Phi) is 6.21. The number of amides is 1. The molecule has 0 aliphatic rings. The fourth-order valence-corrected chi connectivity index (χ4v) is 3.27. The van der Waals surface area contributed by atoms with Gasteiger partial charge < -0.3 is 10.1 Å². The Morgan fingerprint density at radius 1 is 0.962 bits per heavy atom. The van der Waals surface area contributed by atoms with E-state index in [0.717, 1.165) is 10.6 Å². The van der Waals surface area contributed by atoms with Crippen LogP contribution in [0.15, 0.2) is 83.8 Å². The first-order chi connectivity index (χ1) is 12.6. The van der Waals surface area contributed by atoms with Crippen molar-refractivity contribution in [3.8, 4) is 11.5 Å². The third-order valence-electron chi connectivity index (χ3n) is 3.61. The average molecular weight is 384 g/mol. The highest BCUT2D eigenvalue weighted by atomic mass is 35.5. The highest BCUT2D eigenvalue weighted by Crippen LogP contribution is 2.31. The molecular weight excluding hydrogens is 366 g/mol. The van der Waals surface area contributed by atoms with Gasteiger partial charge in [-0.2, -0.15) is 0 Å². The molecule has 1 N–H and O–H groups in total. The molecule has 0 radical (unpaired) electrons. The van der Waals surface area contributed by atoms with Crippen LogP contribution >= 0.6 is 23.4 Å². The van der Waals surface area contributed by atoms with Gasteiger partial charge in [0.2, 0.25) is 5.91 Å². The van der Waals surface area contributed by atoms with Crippen LogP contribution in [0.1, 0.15) is 6.92 Å². The van der Waals surface area contributed by atoms with Crippen molar-refractivity contribution >= 4 is 35.0 Å². The lowest BCUT2D eigenvalue weighted by Crippen LogP contribution is -2.22. The standard InChI is InChI=1S/C21H18ClNO2S/c1-15(26-18-13-11-16(22)12-14-18)21(24)23-19-9-5-6-10-20(19)25-17-7-3-2-4-8-17/h2-15H,1H3,(H,23,24)/t15-/m1/s1. The summed E-state index contributed by atoms with van der Waals surface area (Å²) >= 11 is 7.38. The minimum absolute atomic E-state index is 0.0888. The van der Waals surface area contributed by atoms with E-state index in [4.69, 9.17) is 16.3 Å². The van der Waals surface area contributed by atoms with Crippen LogP contribution in [0.25, 0.3) is 0 Å². The van der Waals surface area contributed by atoms with E-state index in [1.807, 2.05) is 85.8 Å². The molecule has 0 saturated heterocycles. The molecule has 3 nitrogen and oxygen atoms in total. The summed E-state index contributed by atoms with van der Waals surface area (Å²) < 4.78 is 5.89. The summed E-state index contributed by atoms with van der Waals surface area (Å²) in [4.78, 5) is 13.6. The lowest BCUT2D eigenvalue weighted by molar-refractivity contribution is -0.115. The molecular formula is C21H18ClNO2S. The van der Waals surface area contributed by atoms with Gasteiger partial charge in [-0.15, -0.1) is 11.8 Å². The summed E-state index contributed by atoms with van der Waals surface area (Å²) in [6.45, 7) is 1.87. The molecule has 0 heterocycles. The van der Waals surface area contributed by atoms with Gasteiger partial charge in [0.1, 0.15) is 5.75 Å². The number of carbonyl (C=O) groups excluding carboxylic acids is 1. The fraction of sp³-hybridized carbons (Fsp3) is 0.0952. The van der Waals surface area contributed by atoms with Crippen LogP contribution in [0.2, 0.25) is 5.02 Å². The van der Waals surface area contributed by atoms with Gasteiger partial charge >= 0.3 is 0 Å². The van der Waals surface area contributed by atoms with Crippen LogP contribution < -0.4 is 10.1 Å². The number of hydrogen-bond acceptors (Lipinski definition) is 3. The Hall–Kier alpha value is -2.43. The van der Waals surface area contributed by atoms with Gasteiger partial charge in [0.05, 0.1) is 10.9 Å². The topological polar surface area (TPSA) is 38.3 Å². The van der Waals surface area contributed by atoms with Gasteiger partial charge in [-0.3, -0.25) is 4.79 Å². The minimum atomic E-state index is -0.263. The molecule has 132 valence electrons. The number of nitrogens with one attached hydrogen (secondary N) is 1. The minimum Gasteiger partial charge on any atom is -0.455 e. The number of benzene rings is 3. The zero-order valence-electron chi connectivity index (χ0n) is 14.2. The van der Waals surface area contributed by atoms with E-state index in [9.17, 15) is 4.79 Å². The maximum atomic E-state index is 12.6. The number of thioether (sulfide) groups is 1. The van der Waals surface area contributed by atoms with Crippen molar-refractivity contribution in [3.05, 3.63) is 83.9 Å². The van der Waals surface area contributed by atoms with E-state index < -0.39 is 0 Å². The Labute approximate surface area is 162 Å². The first-order valence-electron chi connectivity index (χ1n) is 8.17. The first kappa shape index (κ1) is 18.4. The normalized spacial score (nSPS) is 11.6. The Bertz CT molecular complexity index is 869. The molecule has 26 heavy (non-hydrogen) atoms. The molecule has 3 rings (SSSR count). The van der Waals surface area contributed by atoms with Crippen LogP contribution in [0.5, 0.6) is 11.5 Å². The number of carbonyl (C=O) groups is 1. The quantitative estimate of drug-likeness (QED) is 0.511. The predicted octanol–water partition coefficient (Wildman–Crippen LogP) is 6.25. The van der Waals surface area contributed by atoms with Crippen molar-refractivity contribution in [2.24, 2.45) is 0 Å². The molecule has 1 amide bonds. The summed E-state index contributed by atoms with van der Waals surface area (Å²) in [5.41, 5.74) is 0.643. The number of halogens is 1. The summed E-state index contributed by atoms with van der Waals surface area (Å²) in [5.74, 6) is 1.24. The molecule has 0 bridgehead atoms. The molecule has 0 aliphatic heterocycles. The molecule has 0 saturated carbocycles. The second kappa shape index (κ2) is 8.79. The van der Waals surface area contributed by atoms with Gasteiger partial charge in [0, 0.05) is 9.92 Å². The number of rotatable bonds is 6. The van der Waals surface area contributed by atoms with Gasteiger partial charge in [-0.25, -0.2) is 0 Å². The predicted molar refractivity (Wildman–Crippen MR) is 108 cm³/mol. The van der Waals surface area contributed by atoms with E-state index >= 15 is 0 Å². The second-order valence-electron chi connectivity index (χ2n) is 5.61. The van der Waals surface area contributed by atoms with Gasteiger partial charge in [-0.1, -0.05) is 41.9 Å². The molecule has 5 heteroatoms. The Morgan fingerprint density at radius 3 is 2.35 bits per heavy atom. The van der Waals surface area contributed by atoms with Crippen molar-refractivity contribution in [1.29, 1.82) is 0 Å². The van der Waals surface area contributed by atoms with Crippen LogP contribution in [0, 0.1) is 0 Å². The first-order valence-corrected chi connectivity index (χ1v) is 9.42. The summed E-state index contributed by atoms with van der Waals surface area (Å²) in [7, 11) is 0. The highest BCUT2D eigenvalue weighted by Gasteiger charge is 2.16. The van der Waals surface area contributed by atoms with Crippen molar-refractivity contribution in [3.63, 3.8) is 0 Å². The third kappa shape index (κ3) is 5.04. The highest BCUT2D eigenvalue weighted by molar-refractivity contribution is 8.00. The number of anilines is 1. The van der Waals surface area contributed by atoms with E-state index in [1.54, 1.807) is 0 Å². The number of para-hydroxylation sites is 3. The summed E-state index contributed by atoms with van der Waals surface area (Å²) in [6.07, 6.45) is 0. The maximum absolute atomic E-state index is 12.6. The monoisotopic (exact) mass is 383 g/mol. The van der Waals surface area contributed by atoms with Crippen molar-refractivity contribution < 1.29 is 9.53 Å². The van der Waals surface area contributed by atoms with E-state index in [1.165, 1.54) is 11.8 Å². The zero-order valence-corrected chi connectivity index (χ0v) is 15.8. The molecule has 0 aromatic heterocycles. The summed E-state index contributed by atoms with van der Waals surface area (Å²) in [5, 5.41) is 3.37. The molecule has 3 aromatic rings. The van der Waals surface area contributed by atoms with E-state index in [2.05, 4.69) is 5.32 Å². The van der Waals surface area contributed by atoms with Crippen molar-refractivity contribution in [2.45, 2.75) is 17.1 Å². The largest absolute Gasteiger partial charge is 0.455 e. The van der Waals surface area contributed by atoms with Crippen LogP contribution in [-0.2, 0) is 4.79 Å². The lowest BCUT2D eigenvalue weighted by Gasteiger charge is -2.15. The zero-order chi connectivity index (χ0) is 18.4. The van der Waals surface area contributed by atoms with Crippen LogP contribution in [-0.4, -0.2) is 11.2 Å². The van der Waals surface area contributed by atoms with Crippen LogP contribution in [0.4, 0.5) is 5.69 Å². The molecule has 0 fully saturated rings. The fourth-order valence-electron chi connectivity index (χ4n) is 2.28. The smallest absolute Gasteiger partial charge is 0.237 e. The van der Waals surface area contributed by atoms with Crippen molar-refractivity contribution in [2.75, 3.05) is 5.32 Å². The molecule has 0 aliphatic carbocycles. The second-order valence-corrected chi connectivity index (χ2v) is 7.47. The van der Waals surface area contributed by atoms with Crippen molar-refractivity contribution in [1.82, 2.24) is 0 Å². The number of ether oxygens (including phenoxy) is 1. The van der Waals surface area contributed by atoms with Gasteiger partial charge in [0.25, 0.3) is 0 Å². The van der Waals surface area contributed by atoms with Crippen LogP contribution in [0.3, 0.4) is 0 Å². The van der Waals surface area contributed by atoms with Gasteiger partial charge in [0.15, 0.2) is 5.75 Å². The van der Waals surface area contributed by atoms with Gasteiger partial charge in [-0.05, 0) is 55.5 Å². The maximum Gasteiger partial charge on any atom is 0.237 e. The van der Waals surface area contributed by atoms with E-state index in [0.29, 0.717) is 16.5 Å². The van der Waals surface area contributed by atoms with E-state index in [-0.39, 0.29) is 11.2 Å². The average Bonchev–Trinajstić information content (AvgIpc) is 2.66. The number of hydrogen-bond donors (Lipinski definition) is 1. The Morgan fingerprint density at radius 2 is 1.62 bits per heavy atom. The SMILES string of the molecule is C[C@@H](Sc1ccc(Cl)cc1)C(=O)Nc1ccccc1Oc1ccccc1. The third-order valence-corrected chi connectivity index (χ3v) is 4.98. The molecule has 1 atom stereocenters. The lowest BCUT2D eigenvalue weighted by atomic mass is 10.2. The Balaban J connectivity index is 1.68. The summed E-state index contributed by atoms with van der Waals surface area (Å²) in [6, 6.07) is 24.3. The molecule has 0 spiro atoms. The molecule has 0 unspecified atom stereocenters.